The van der Waals surface area contributed by atoms with Crippen molar-refractivity contribution in [3.8, 4) is 5.69 Å². The van der Waals surface area contributed by atoms with E-state index in [-0.39, 0.29) is 17.7 Å². The fraction of sp³-hybridized carbons (Fsp3) is 0.389. The standard InChI is InChI=1S/C18H20N4O2/c23-17(14-6-7-14)20-8-10-21(11-9-20)18(24)15-12-19-22(13-15)16-4-2-1-3-5-16/h1-5,12-14H,6-11H2. The summed E-state index contributed by atoms with van der Waals surface area (Å²) in [5.74, 6) is 0.492. The van der Waals surface area contributed by atoms with Crippen molar-refractivity contribution in [1.82, 2.24) is 19.6 Å². The first-order chi connectivity index (χ1) is 11.7. The van der Waals surface area contributed by atoms with Gasteiger partial charge in [-0.1, -0.05) is 18.2 Å². The fourth-order valence-corrected chi connectivity index (χ4v) is 3.06. The van der Waals surface area contributed by atoms with E-state index in [1.165, 1.54) is 0 Å². The number of hydrogen-bond acceptors (Lipinski definition) is 3. The Morgan fingerprint density at radius 2 is 1.62 bits per heavy atom. The minimum Gasteiger partial charge on any atom is -0.339 e. The minimum atomic E-state index is -0.0179. The van der Waals surface area contributed by atoms with E-state index in [4.69, 9.17) is 0 Å². The van der Waals surface area contributed by atoms with Gasteiger partial charge in [0.05, 0.1) is 17.4 Å². The zero-order valence-electron chi connectivity index (χ0n) is 13.5. The van der Waals surface area contributed by atoms with Gasteiger partial charge in [0.15, 0.2) is 0 Å². The van der Waals surface area contributed by atoms with Crippen LogP contribution in [0.15, 0.2) is 42.7 Å². The maximum atomic E-state index is 12.6. The molecule has 6 nitrogen and oxygen atoms in total. The molecule has 0 radical (unpaired) electrons. The Kier molecular flexibility index (Phi) is 3.80. The molecule has 24 heavy (non-hydrogen) atoms. The Balaban J connectivity index is 1.40. The van der Waals surface area contributed by atoms with Crippen LogP contribution in [0.5, 0.6) is 0 Å². The van der Waals surface area contributed by atoms with Crippen molar-refractivity contribution in [2.75, 3.05) is 26.2 Å². The van der Waals surface area contributed by atoms with Gasteiger partial charge in [0.1, 0.15) is 0 Å². The first-order valence-corrected chi connectivity index (χ1v) is 8.40. The Morgan fingerprint density at radius 1 is 0.958 bits per heavy atom. The van der Waals surface area contributed by atoms with E-state index in [1.54, 1.807) is 17.1 Å². The fourth-order valence-electron chi connectivity index (χ4n) is 3.06. The lowest BCUT2D eigenvalue weighted by Gasteiger charge is -2.34. The van der Waals surface area contributed by atoms with Crippen molar-refractivity contribution in [3.05, 3.63) is 48.3 Å². The van der Waals surface area contributed by atoms with Crippen molar-refractivity contribution < 1.29 is 9.59 Å². The summed E-state index contributed by atoms with van der Waals surface area (Å²) in [5, 5.41) is 4.28. The summed E-state index contributed by atoms with van der Waals surface area (Å²) in [6, 6.07) is 9.72. The molecule has 1 aliphatic heterocycles. The van der Waals surface area contributed by atoms with Crippen LogP contribution in [0.2, 0.25) is 0 Å². The lowest BCUT2D eigenvalue weighted by molar-refractivity contribution is -0.134. The molecule has 0 bridgehead atoms. The summed E-state index contributed by atoms with van der Waals surface area (Å²) in [7, 11) is 0. The third-order valence-electron chi connectivity index (χ3n) is 4.66. The van der Waals surface area contributed by atoms with Gasteiger partial charge in [-0.15, -0.1) is 0 Å². The van der Waals surface area contributed by atoms with E-state index >= 15 is 0 Å². The molecule has 0 atom stereocenters. The third-order valence-corrected chi connectivity index (χ3v) is 4.66. The van der Waals surface area contributed by atoms with Gasteiger partial charge >= 0.3 is 0 Å². The maximum absolute atomic E-state index is 12.6. The zero-order valence-corrected chi connectivity index (χ0v) is 13.5. The van der Waals surface area contributed by atoms with Crippen LogP contribution in [0.1, 0.15) is 23.2 Å². The highest BCUT2D eigenvalue weighted by Crippen LogP contribution is 2.31. The topological polar surface area (TPSA) is 58.4 Å². The van der Waals surface area contributed by atoms with Gasteiger partial charge in [-0.3, -0.25) is 9.59 Å². The van der Waals surface area contributed by atoms with Gasteiger partial charge in [-0.05, 0) is 25.0 Å². The number of carbonyl (C=O) groups excluding carboxylic acids is 2. The van der Waals surface area contributed by atoms with Crippen LogP contribution in [0, 0.1) is 5.92 Å². The van der Waals surface area contributed by atoms with E-state index in [0.29, 0.717) is 31.7 Å². The van der Waals surface area contributed by atoms with Crippen LogP contribution in [-0.4, -0.2) is 57.6 Å². The van der Waals surface area contributed by atoms with Crippen LogP contribution < -0.4 is 0 Å². The molecule has 2 amide bonds. The van der Waals surface area contributed by atoms with Crippen LogP contribution in [0.4, 0.5) is 0 Å². The van der Waals surface area contributed by atoms with Crippen molar-refractivity contribution in [2.24, 2.45) is 5.92 Å². The highest BCUT2D eigenvalue weighted by atomic mass is 16.2. The number of para-hydroxylation sites is 1. The van der Waals surface area contributed by atoms with E-state index < -0.39 is 0 Å². The first-order valence-electron chi connectivity index (χ1n) is 8.40. The van der Waals surface area contributed by atoms with Crippen molar-refractivity contribution in [3.63, 3.8) is 0 Å². The Labute approximate surface area is 140 Å². The molecule has 124 valence electrons. The van der Waals surface area contributed by atoms with E-state index in [0.717, 1.165) is 18.5 Å². The number of amides is 2. The second kappa shape index (κ2) is 6.11. The minimum absolute atomic E-state index is 0.0179. The second-order valence-electron chi connectivity index (χ2n) is 6.40. The Morgan fingerprint density at radius 3 is 2.29 bits per heavy atom. The highest BCUT2D eigenvalue weighted by molar-refractivity contribution is 5.94. The number of carbonyl (C=O) groups is 2. The summed E-state index contributed by atoms with van der Waals surface area (Å²) in [6.07, 6.45) is 5.42. The van der Waals surface area contributed by atoms with Gasteiger partial charge in [-0.25, -0.2) is 4.68 Å². The number of piperazine rings is 1. The molecule has 6 heteroatoms. The highest BCUT2D eigenvalue weighted by Gasteiger charge is 2.35. The molecule has 0 unspecified atom stereocenters. The zero-order chi connectivity index (χ0) is 16.5. The van der Waals surface area contributed by atoms with Crippen LogP contribution in [0.25, 0.3) is 5.69 Å². The van der Waals surface area contributed by atoms with Crippen LogP contribution >= 0.6 is 0 Å². The molecular weight excluding hydrogens is 304 g/mol. The lowest BCUT2D eigenvalue weighted by Crippen LogP contribution is -2.51. The monoisotopic (exact) mass is 324 g/mol. The summed E-state index contributed by atoms with van der Waals surface area (Å²) in [6.45, 7) is 2.45. The number of benzene rings is 1. The molecule has 1 aliphatic carbocycles. The van der Waals surface area contributed by atoms with Crippen LogP contribution in [0.3, 0.4) is 0 Å². The predicted octanol–water partition coefficient (Wildman–Crippen LogP) is 1.57. The van der Waals surface area contributed by atoms with E-state index in [2.05, 4.69) is 5.10 Å². The van der Waals surface area contributed by atoms with E-state index in [9.17, 15) is 9.59 Å². The molecule has 2 fully saturated rings. The number of nitrogens with zero attached hydrogens (tertiary/aromatic N) is 4. The van der Waals surface area contributed by atoms with Crippen LogP contribution in [-0.2, 0) is 4.79 Å². The molecule has 2 aromatic rings. The SMILES string of the molecule is O=C(c1cnn(-c2ccccc2)c1)N1CCN(C(=O)C2CC2)CC1. The molecule has 0 spiro atoms. The largest absolute Gasteiger partial charge is 0.339 e. The van der Waals surface area contributed by atoms with Crippen molar-refractivity contribution >= 4 is 11.8 Å². The summed E-state index contributed by atoms with van der Waals surface area (Å²) < 4.78 is 1.71. The quantitative estimate of drug-likeness (QED) is 0.861. The average molecular weight is 324 g/mol. The smallest absolute Gasteiger partial charge is 0.257 e. The average Bonchev–Trinajstić information content (AvgIpc) is 3.38. The van der Waals surface area contributed by atoms with E-state index in [1.807, 2.05) is 40.1 Å². The summed E-state index contributed by atoms with van der Waals surface area (Å²) >= 11 is 0. The lowest BCUT2D eigenvalue weighted by atomic mass is 10.2. The molecule has 1 saturated heterocycles. The normalized spacial score (nSPS) is 17.8. The van der Waals surface area contributed by atoms with Gasteiger partial charge in [-0.2, -0.15) is 5.10 Å². The molecule has 1 saturated carbocycles. The molecule has 0 N–H and O–H groups in total. The number of hydrogen-bond donors (Lipinski definition) is 0. The van der Waals surface area contributed by atoms with Gasteiger partial charge < -0.3 is 9.80 Å². The molecular formula is C18H20N4O2. The van der Waals surface area contributed by atoms with Gasteiger partial charge in [0.25, 0.3) is 5.91 Å². The molecule has 4 rings (SSSR count). The molecule has 1 aromatic carbocycles. The predicted molar refractivity (Wildman–Crippen MR) is 88.8 cm³/mol. The third kappa shape index (κ3) is 2.91. The molecule has 2 aliphatic rings. The second-order valence-corrected chi connectivity index (χ2v) is 6.40. The van der Waals surface area contributed by atoms with Crippen molar-refractivity contribution in [2.45, 2.75) is 12.8 Å². The molecule has 1 aromatic heterocycles. The Hall–Kier alpha value is -2.63. The maximum Gasteiger partial charge on any atom is 0.257 e. The molecule has 2 heterocycles. The first kappa shape index (κ1) is 14.9. The number of aromatic nitrogens is 2. The van der Waals surface area contributed by atoms with Crippen molar-refractivity contribution in [1.29, 1.82) is 0 Å². The summed E-state index contributed by atoms with van der Waals surface area (Å²) in [5.41, 5.74) is 1.51. The van der Waals surface area contributed by atoms with Gasteiger partial charge in [0.2, 0.25) is 5.91 Å². The Bertz CT molecular complexity index is 743. The number of rotatable bonds is 3. The summed E-state index contributed by atoms with van der Waals surface area (Å²) in [4.78, 5) is 28.4. The van der Waals surface area contributed by atoms with Gasteiger partial charge in [0, 0.05) is 38.3 Å².